The van der Waals surface area contributed by atoms with Gasteiger partial charge >= 0.3 is 0 Å². The Balaban J connectivity index is 1.79. The smallest absolute Gasteiger partial charge is 0.00980 e. The molecule has 17 heavy (non-hydrogen) atoms. The van der Waals surface area contributed by atoms with Crippen LogP contribution in [0.1, 0.15) is 65.7 Å². The SMILES string of the molecule is CCCNC(CC(C)CCC)C1CC2CC2C1. The second-order valence-corrected chi connectivity index (χ2v) is 6.68. The lowest BCUT2D eigenvalue weighted by Crippen LogP contribution is -2.37. The molecule has 0 aliphatic heterocycles. The summed E-state index contributed by atoms with van der Waals surface area (Å²) in [6.45, 7) is 8.26. The van der Waals surface area contributed by atoms with Gasteiger partial charge in [0.15, 0.2) is 0 Å². The lowest BCUT2D eigenvalue weighted by molar-refractivity contribution is 0.279. The van der Waals surface area contributed by atoms with Gasteiger partial charge < -0.3 is 5.32 Å². The lowest BCUT2D eigenvalue weighted by Gasteiger charge is -2.28. The normalized spacial score (nSPS) is 34.4. The molecule has 0 spiro atoms. The van der Waals surface area contributed by atoms with E-state index in [9.17, 15) is 0 Å². The molecule has 0 heterocycles. The van der Waals surface area contributed by atoms with E-state index < -0.39 is 0 Å². The highest BCUT2D eigenvalue weighted by atomic mass is 14.9. The lowest BCUT2D eigenvalue weighted by atomic mass is 9.86. The van der Waals surface area contributed by atoms with Crippen LogP contribution >= 0.6 is 0 Å². The maximum Gasteiger partial charge on any atom is 0.00980 e. The summed E-state index contributed by atoms with van der Waals surface area (Å²) in [6, 6.07) is 0.823. The van der Waals surface area contributed by atoms with E-state index in [1.165, 1.54) is 45.1 Å². The van der Waals surface area contributed by atoms with E-state index in [0.29, 0.717) is 0 Å². The van der Waals surface area contributed by atoms with E-state index in [0.717, 1.165) is 29.7 Å². The monoisotopic (exact) mass is 237 g/mol. The van der Waals surface area contributed by atoms with E-state index in [2.05, 4.69) is 26.1 Å². The first-order valence-electron chi connectivity index (χ1n) is 7.97. The molecule has 2 saturated carbocycles. The molecule has 100 valence electrons. The minimum Gasteiger partial charge on any atom is -0.314 e. The summed E-state index contributed by atoms with van der Waals surface area (Å²) in [5, 5.41) is 3.84. The van der Waals surface area contributed by atoms with Crippen LogP contribution in [0, 0.1) is 23.7 Å². The highest BCUT2D eigenvalue weighted by Gasteiger charge is 2.47. The van der Waals surface area contributed by atoms with Crippen molar-refractivity contribution < 1.29 is 0 Å². The van der Waals surface area contributed by atoms with Crippen LogP contribution < -0.4 is 5.32 Å². The third kappa shape index (κ3) is 3.71. The van der Waals surface area contributed by atoms with Crippen molar-refractivity contribution in [2.45, 2.75) is 71.8 Å². The number of rotatable bonds is 8. The fourth-order valence-electron chi connectivity index (χ4n) is 3.91. The van der Waals surface area contributed by atoms with Crippen LogP contribution in [0.25, 0.3) is 0 Å². The standard InChI is InChI=1S/C16H31N/c1-4-6-12(3)8-16(17-7-5-2)15-10-13-9-14(13)11-15/h12-17H,4-11H2,1-3H3. The van der Waals surface area contributed by atoms with Gasteiger partial charge in [0.05, 0.1) is 0 Å². The highest BCUT2D eigenvalue weighted by Crippen LogP contribution is 2.55. The Morgan fingerprint density at radius 1 is 1.06 bits per heavy atom. The third-order valence-corrected chi connectivity index (χ3v) is 4.94. The number of nitrogens with one attached hydrogen (secondary N) is 1. The molecular formula is C16H31N. The predicted octanol–water partition coefficient (Wildman–Crippen LogP) is 4.23. The summed E-state index contributed by atoms with van der Waals surface area (Å²) in [7, 11) is 0. The molecule has 4 atom stereocenters. The number of fused-ring (bicyclic) bond motifs is 1. The summed E-state index contributed by atoms with van der Waals surface area (Å²) >= 11 is 0. The second kappa shape index (κ2) is 6.22. The molecule has 4 unspecified atom stereocenters. The van der Waals surface area contributed by atoms with Crippen molar-refractivity contribution in [1.29, 1.82) is 0 Å². The molecule has 1 nitrogen and oxygen atoms in total. The second-order valence-electron chi connectivity index (χ2n) is 6.68. The molecule has 0 aromatic carbocycles. The van der Waals surface area contributed by atoms with Crippen molar-refractivity contribution in [1.82, 2.24) is 5.32 Å². The van der Waals surface area contributed by atoms with Crippen molar-refractivity contribution in [2.75, 3.05) is 6.54 Å². The summed E-state index contributed by atoms with van der Waals surface area (Å²) < 4.78 is 0. The van der Waals surface area contributed by atoms with E-state index in [1.807, 2.05) is 0 Å². The Bertz CT molecular complexity index is 216. The Hall–Kier alpha value is -0.0400. The molecule has 0 radical (unpaired) electrons. The average Bonchev–Trinajstić information content (AvgIpc) is 2.92. The van der Waals surface area contributed by atoms with Crippen molar-refractivity contribution in [3.05, 3.63) is 0 Å². The molecule has 2 rings (SSSR count). The Morgan fingerprint density at radius 2 is 1.76 bits per heavy atom. The summed E-state index contributed by atoms with van der Waals surface area (Å²) in [5.41, 5.74) is 0. The zero-order valence-corrected chi connectivity index (χ0v) is 12.0. The summed E-state index contributed by atoms with van der Waals surface area (Å²) in [5.74, 6) is 4.18. The fraction of sp³-hybridized carbons (Fsp3) is 1.00. The van der Waals surface area contributed by atoms with Gasteiger partial charge in [-0.25, -0.2) is 0 Å². The van der Waals surface area contributed by atoms with Crippen LogP contribution in [-0.4, -0.2) is 12.6 Å². The van der Waals surface area contributed by atoms with Gasteiger partial charge in [-0.3, -0.25) is 0 Å². The van der Waals surface area contributed by atoms with Gasteiger partial charge in [-0.15, -0.1) is 0 Å². The van der Waals surface area contributed by atoms with Gasteiger partial charge in [-0.05, 0) is 62.3 Å². The van der Waals surface area contributed by atoms with Crippen LogP contribution in [0.2, 0.25) is 0 Å². The van der Waals surface area contributed by atoms with Crippen molar-refractivity contribution in [3.63, 3.8) is 0 Å². The molecule has 0 aromatic heterocycles. The quantitative estimate of drug-likeness (QED) is 0.666. The van der Waals surface area contributed by atoms with Gasteiger partial charge in [-0.2, -0.15) is 0 Å². The Kier molecular flexibility index (Phi) is 4.90. The number of hydrogen-bond donors (Lipinski definition) is 1. The van der Waals surface area contributed by atoms with Gasteiger partial charge in [-0.1, -0.05) is 33.6 Å². The Morgan fingerprint density at radius 3 is 2.35 bits per heavy atom. The zero-order valence-electron chi connectivity index (χ0n) is 12.0. The minimum absolute atomic E-state index is 0.823. The summed E-state index contributed by atoms with van der Waals surface area (Å²) in [6.07, 6.45) is 10.1. The molecule has 2 fully saturated rings. The van der Waals surface area contributed by atoms with E-state index in [-0.39, 0.29) is 0 Å². The van der Waals surface area contributed by atoms with Crippen molar-refractivity contribution >= 4 is 0 Å². The third-order valence-electron chi connectivity index (χ3n) is 4.94. The Labute approximate surface area is 108 Å². The van der Waals surface area contributed by atoms with Crippen molar-refractivity contribution in [3.8, 4) is 0 Å². The van der Waals surface area contributed by atoms with Gasteiger partial charge in [0.25, 0.3) is 0 Å². The maximum atomic E-state index is 3.84. The molecule has 2 aliphatic rings. The summed E-state index contributed by atoms with van der Waals surface area (Å²) in [4.78, 5) is 0. The van der Waals surface area contributed by atoms with E-state index >= 15 is 0 Å². The molecule has 0 saturated heterocycles. The molecule has 1 heteroatoms. The van der Waals surface area contributed by atoms with Crippen LogP contribution in [0.5, 0.6) is 0 Å². The average molecular weight is 237 g/mol. The van der Waals surface area contributed by atoms with Crippen LogP contribution in [-0.2, 0) is 0 Å². The molecule has 2 aliphatic carbocycles. The zero-order chi connectivity index (χ0) is 12.3. The molecule has 0 bridgehead atoms. The van der Waals surface area contributed by atoms with E-state index in [1.54, 1.807) is 6.42 Å². The van der Waals surface area contributed by atoms with Gasteiger partial charge in [0.2, 0.25) is 0 Å². The first-order valence-corrected chi connectivity index (χ1v) is 7.97. The number of hydrogen-bond acceptors (Lipinski definition) is 1. The largest absolute Gasteiger partial charge is 0.314 e. The van der Waals surface area contributed by atoms with Crippen molar-refractivity contribution in [2.24, 2.45) is 23.7 Å². The first kappa shape index (κ1) is 13.4. The maximum absolute atomic E-state index is 3.84. The topological polar surface area (TPSA) is 12.0 Å². The first-order chi connectivity index (χ1) is 8.24. The molecule has 1 N–H and O–H groups in total. The fourth-order valence-corrected chi connectivity index (χ4v) is 3.91. The highest BCUT2D eigenvalue weighted by molar-refractivity contribution is 4.99. The predicted molar refractivity (Wildman–Crippen MR) is 75.1 cm³/mol. The van der Waals surface area contributed by atoms with Crippen LogP contribution in [0.3, 0.4) is 0 Å². The minimum atomic E-state index is 0.823. The molecule has 0 aromatic rings. The van der Waals surface area contributed by atoms with Gasteiger partial charge in [0, 0.05) is 6.04 Å². The van der Waals surface area contributed by atoms with E-state index in [4.69, 9.17) is 0 Å². The van der Waals surface area contributed by atoms with Gasteiger partial charge in [0.1, 0.15) is 0 Å². The van der Waals surface area contributed by atoms with Crippen LogP contribution in [0.15, 0.2) is 0 Å². The molecular weight excluding hydrogens is 206 g/mol. The molecule has 0 amide bonds. The van der Waals surface area contributed by atoms with Crippen LogP contribution in [0.4, 0.5) is 0 Å².